The lowest BCUT2D eigenvalue weighted by molar-refractivity contribution is 0.0994. The number of aromatic nitrogens is 2. The van der Waals surface area contributed by atoms with Crippen LogP contribution >= 0.6 is 23.1 Å². The molecule has 1 aromatic carbocycles. The van der Waals surface area contributed by atoms with Gasteiger partial charge in [-0.25, -0.2) is 4.98 Å². The van der Waals surface area contributed by atoms with Gasteiger partial charge in [0.2, 0.25) is 0 Å². The number of hydrogen-bond donors (Lipinski definition) is 0. The van der Waals surface area contributed by atoms with Crippen molar-refractivity contribution in [3.63, 3.8) is 0 Å². The maximum atomic E-state index is 12.5. The Kier molecular flexibility index (Phi) is 4.37. The fraction of sp³-hybridized carbons (Fsp3) is 0.235. The molecule has 0 spiro atoms. The van der Waals surface area contributed by atoms with E-state index in [1.54, 1.807) is 7.05 Å². The Bertz CT molecular complexity index is 926. The first-order chi connectivity index (χ1) is 11.0. The first-order valence-corrected chi connectivity index (χ1v) is 8.95. The Balaban J connectivity index is 1.89. The van der Waals surface area contributed by atoms with Crippen molar-refractivity contribution in [1.29, 1.82) is 0 Å². The SMILES string of the molecule is Cc1ccc(C(=O)C(C)Sc2nc3ccsc3c(=O)n2C)cc1. The number of fused-ring (bicyclic) bond motifs is 1. The summed E-state index contributed by atoms with van der Waals surface area (Å²) in [5.74, 6) is 0.0367. The summed E-state index contributed by atoms with van der Waals surface area (Å²) in [6.45, 7) is 3.83. The topological polar surface area (TPSA) is 52.0 Å². The lowest BCUT2D eigenvalue weighted by atomic mass is 10.1. The third kappa shape index (κ3) is 3.09. The fourth-order valence-electron chi connectivity index (χ4n) is 2.24. The van der Waals surface area contributed by atoms with E-state index in [0.29, 0.717) is 20.9 Å². The van der Waals surface area contributed by atoms with Gasteiger partial charge in [-0.05, 0) is 25.3 Å². The highest BCUT2D eigenvalue weighted by atomic mass is 32.2. The van der Waals surface area contributed by atoms with Gasteiger partial charge in [0.15, 0.2) is 10.9 Å². The van der Waals surface area contributed by atoms with Crippen LogP contribution in [0.4, 0.5) is 0 Å². The van der Waals surface area contributed by atoms with Crippen LogP contribution in [0.2, 0.25) is 0 Å². The zero-order valence-electron chi connectivity index (χ0n) is 13.1. The van der Waals surface area contributed by atoms with Crippen LogP contribution in [0.1, 0.15) is 22.8 Å². The molecule has 3 aromatic rings. The van der Waals surface area contributed by atoms with Crippen LogP contribution in [0.5, 0.6) is 0 Å². The largest absolute Gasteiger partial charge is 0.293 e. The van der Waals surface area contributed by atoms with Gasteiger partial charge >= 0.3 is 0 Å². The van der Waals surface area contributed by atoms with Crippen molar-refractivity contribution in [2.24, 2.45) is 7.05 Å². The van der Waals surface area contributed by atoms with E-state index in [9.17, 15) is 9.59 Å². The minimum absolute atomic E-state index is 0.0367. The lowest BCUT2D eigenvalue weighted by Crippen LogP contribution is -2.21. The number of thioether (sulfide) groups is 1. The molecule has 0 amide bonds. The number of carbonyl (C=O) groups is 1. The molecule has 1 atom stereocenters. The summed E-state index contributed by atoms with van der Waals surface area (Å²) in [7, 11) is 1.69. The Morgan fingerprint density at radius 1 is 1.26 bits per heavy atom. The highest BCUT2D eigenvalue weighted by molar-refractivity contribution is 8.00. The molecule has 0 saturated carbocycles. The van der Waals surface area contributed by atoms with Crippen LogP contribution in [-0.2, 0) is 7.05 Å². The molecule has 0 bridgehead atoms. The van der Waals surface area contributed by atoms with Crippen LogP contribution in [0.15, 0.2) is 45.7 Å². The third-order valence-electron chi connectivity index (χ3n) is 3.63. The molecule has 2 heterocycles. The van der Waals surface area contributed by atoms with Crippen molar-refractivity contribution >= 4 is 39.1 Å². The molecule has 1 unspecified atom stereocenters. The summed E-state index contributed by atoms with van der Waals surface area (Å²) < 4.78 is 2.16. The zero-order chi connectivity index (χ0) is 16.6. The normalized spacial score (nSPS) is 12.5. The summed E-state index contributed by atoms with van der Waals surface area (Å²) in [5, 5.41) is 2.11. The average Bonchev–Trinajstić information content (AvgIpc) is 3.00. The molecule has 0 radical (unpaired) electrons. The molecule has 3 rings (SSSR count). The molecule has 0 aliphatic carbocycles. The van der Waals surface area contributed by atoms with E-state index in [-0.39, 0.29) is 16.6 Å². The number of nitrogens with zero attached hydrogens (tertiary/aromatic N) is 2. The zero-order valence-corrected chi connectivity index (χ0v) is 14.7. The fourth-order valence-corrected chi connectivity index (χ4v) is 3.99. The predicted octanol–water partition coefficient (Wildman–Crippen LogP) is 3.67. The van der Waals surface area contributed by atoms with Gasteiger partial charge < -0.3 is 0 Å². The second-order valence-corrected chi connectivity index (χ2v) is 7.61. The molecule has 0 N–H and O–H groups in total. The molecule has 0 aliphatic heterocycles. The summed E-state index contributed by atoms with van der Waals surface area (Å²) in [6, 6.07) is 9.36. The number of hydrogen-bond acceptors (Lipinski definition) is 5. The Labute approximate surface area is 142 Å². The van der Waals surface area contributed by atoms with Gasteiger partial charge in [0.05, 0.1) is 10.8 Å². The minimum atomic E-state index is -0.313. The number of Topliss-reactive ketones (excluding diaryl/α,β-unsaturated/α-hetero) is 1. The highest BCUT2D eigenvalue weighted by Gasteiger charge is 2.19. The molecule has 0 saturated heterocycles. The van der Waals surface area contributed by atoms with Crippen LogP contribution < -0.4 is 5.56 Å². The summed E-state index contributed by atoms with van der Waals surface area (Å²) in [5.41, 5.74) is 2.42. The first-order valence-electron chi connectivity index (χ1n) is 7.19. The summed E-state index contributed by atoms with van der Waals surface area (Å²) >= 11 is 2.70. The summed E-state index contributed by atoms with van der Waals surface area (Å²) in [6.07, 6.45) is 0. The van der Waals surface area contributed by atoms with Gasteiger partial charge in [0.25, 0.3) is 5.56 Å². The first kappa shape index (κ1) is 16.0. The quantitative estimate of drug-likeness (QED) is 0.412. The minimum Gasteiger partial charge on any atom is -0.293 e. The van der Waals surface area contributed by atoms with Gasteiger partial charge in [0, 0.05) is 12.6 Å². The van der Waals surface area contributed by atoms with Crippen LogP contribution in [0.25, 0.3) is 10.2 Å². The van der Waals surface area contributed by atoms with E-state index in [2.05, 4.69) is 4.98 Å². The molecular weight excluding hydrogens is 328 g/mol. The van der Waals surface area contributed by atoms with Gasteiger partial charge in [-0.1, -0.05) is 41.6 Å². The van der Waals surface area contributed by atoms with Crippen molar-refractivity contribution in [1.82, 2.24) is 9.55 Å². The highest BCUT2D eigenvalue weighted by Crippen LogP contribution is 2.25. The number of thiophene rings is 1. The van der Waals surface area contributed by atoms with Crippen molar-refractivity contribution in [3.05, 3.63) is 57.2 Å². The molecule has 2 aromatic heterocycles. The number of rotatable bonds is 4. The summed E-state index contributed by atoms with van der Waals surface area (Å²) in [4.78, 5) is 29.4. The van der Waals surface area contributed by atoms with Crippen molar-refractivity contribution in [2.75, 3.05) is 0 Å². The molecule has 0 fully saturated rings. The van der Waals surface area contributed by atoms with E-state index in [0.717, 1.165) is 5.56 Å². The molecule has 23 heavy (non-hydrogen) atoms. The Morgan fingerprint density at radius 3 is 2.65 bits per heavy atom. The van der Waals surface area contributed by atoms with E-state index in [1.165, 1.54) is 27.7 Å². The predicted molar refractivity (Wildman–Crippen MR) is 95.7 cm³/mol. The van der Waals surface area contributed by atoms with Gasteiger partial charge in [-0.2, -0.15) is 0 Å². The second-order valence-electron chi connectivity index (χ2n) is 5.38. The maximum absolute atomic E-state index is 12.5. The molecule has 4 nitrogen and oxygen atoms in total. The van der Waals surface area contributed by atoms with E-state index in [1.807, 2.05) is 49.6 Å². The maximum Gasteiger partial charge on any atom is 0.271 e. The standard InChI is InChI=1S/C17H16N2O2S2/c1-10-4-6-12(7-5-10)14(20)11(2)23-17-18-13-8-9-22-15(13)16(21)19(17)3/h4-9,11H,1-3H3. The molecule has 6 heteroatoms. The third-order valence-corrected chi connectivity index (χ3v) is 5.67. The van der Waals surface area contributed by atoms with Gasteiger partial charge in [-0.3, -0.25) is 14.2 Å². The van der Waals surface area contributed by atoms with E-state index in [4.69, 9.17) is 0 Å². The average molecular weight is 344 g/mol. The van der Waals surface area contributed by atoms with Crippen molar-refractivity contribution in [2.45, 2.75) is 24.3 Å². The smallest absolute Gasteiger partial charge is 0.271 e. The number of carbonyl (C=O) groups excluding carboxylic acids is 1. The van der Waals surface area contributed by atoms with E-state index >= 15 is 0 Å². The number of benzene rings is 1. The van der Waals surface area contributed by atoms with Crippen LogP contribution in [-0.4, -0.2) is 20.6 Å². The molecular formula is C17H16N2O2S2. The van der Waals surface area contributed by atoms with Gasteiger partial charge in [0.1, 0.15) is 4.70 Å². The van der Waals surface area contributed by atoms with E-state index < -0.39 is 0 Å². The monoisotopic (exact) mass is 344 g/mol. The Morgan fingerprint density at radius 2 is 1.96 bits per heavy atom. The molecule has 118 valence electrons. The van der Waals surface area contributed by atoms with Crippen LogP contribution in [0.3, 0.4) is 0 Å². The lowest BCUT2D eigenvalue weighted by Gasteiger charge is -2.12. The number of aryl methyl sites for hydroxylation is 1. The number of ketones is 1. The van der Waals surface area contributed by atoms with Crippen LogP contribution in [0, 0.1) is 6.92 Å². The second kappa shape index (κ2) is 6.29. The Hall–Kier alpha value is -1.92. The van der Waals surface area contributed by atoms with Crippen molar-refractivity contribution in [3.8, 4) is 0 Å². The van der Waals surface area contributed by atoms with Crippen molar-refractivity contribution < 1.29 is 4.79 Å². The van der Waals surface area contributed by atoms with Gasteiger partial charge in [-0.15, -0.1) is 11.3 Å². The molecule has 0 aliphatic rings.